The lowest BCUT2D eigenvalue weighted by atomic mass is 10.1. The number of hydrogen-bond donors (Lipinski definition) is 2. The zero-order valence-corrected chi connectivity index (χ0v) is 11.2. The first-order chi connectivity index (χ1) is 9.74. The van der Waals surface area contributed by atoms with Gasteiger partial charge in [0.2, 0.25) is 5.95 Å². The van der Waals surface area contributed by atoms with Crippen molar-refractivity contribution >= 4 is 22.7 Å². The highest BCUT2D eigenvalue weighted by atomic mass is 16.5. The number of ether oxygens (including phenoxy) is 2. The van der Waals surface area contributed by atoms with E-state index in [-0.39, 0.29) is 12.1 Å². The molecule has 0 saturated carbocycles. The fraction of sp³-hybridized carbons (Fsp3) is 0.429. The molecule has 4 N–H and O–H groups in total. The van der Waals surface area contributed by atoms with Gasteiger partial charge in [-0.05, 0) is 24.5 Å². The lowest BCUT2D eigenvalue weighted by Crippen LogP contribution is -2.23. The Morgan fingerprint density at radius 1 is 1.20 bits per heavy atom. The van der Waals surface area contributed by atoms with E-state index in [1.807, 2.05) is 18.2 Å². The molecule has 1 saturated heterocycles. The van der Waals surface area contributed by atoms with Crippen molar-refractivity contribution in [2.24, 2.45) is 0 Å². The van der Waals surface area contributed by atoms with Crippen LogP contribution in [-0.4, -0.2) is 29.3 Å². The zero-order valence-electron chi connectivity index (χ0n) is 11.2. The van der Waals surface area contributed by atoms with Crippen molar-refractivity contribution in [1.82, 2.24) is 9.97 Å². The fourth-order valence-corrected chi connectivity index (χ4v) is 2.47. The van der Waals surface area contributed by atoms with Crippen LogP contribution in [0.4, 0.5) is 11.8 Å². The van der Waals surface area contributed by atoms with Crippen molar-refractivity contribution in [3.05, 3.63) is 23.8 Å². The molecular formula is C14H18N4O2. The molecule has 106 valence electrons. The Hall–Kier alpha value is -1.92. The summed E-state index contributed by atoms with van der Waals surface area (Å²) in [6.45, 7) is 2.03. The van der Waals surface area contributed by atoms with Gasteiger partial charge in [0.05, 0.1) is 18.2 Å². The van der Waals surface area contributed by atoms with E-state index in [2.05, 4.69) is 9.97 Å². The summed E-state index contributed by atoms with van der Waals surface area (Å²) < 4.78 is 11.3. The van der Waals surface area contributed by atoms with Crippen molar-refractivity contribution in [2.45, 2.75) is 25.6 Å². The van der Waals surface area contributed by atoms with Gasteiger partial charge < -0.3 is 20.9 Å². The maximum Gasteiger partial charge on any atom is 0.222 e. The first kappa shape index (κ1) is 13.1. The van der Waals surface area contributed by atoms with Crippen LogP contribution in [0.3, 0.4) is 0 Å². The van der Waals surface area contributed by atoms with Crippen LogP contribution >= 0.6 is 0 Å². The van der Waals surface area contributed by atoms with Gasteiger partial charge in [-0.15, -0.1) is 0 Å². The van der Waals surface area contributed by atoms with E-state index in [1.54, 1.807) is 0 Å². The summed E-state index contributed by atoms with van der Waals surface area (Å²) in [5.74, 6) is 0.594. The maximum atomic E-state index is 5.96. The topological polar surface area (TPSA) is 96.3 Å². The molecule has 0 bridgehead atoms. The van der Waals surface area contributed by atoms with E-state index in [4.69, 9.17) is 20.9 Å². The molecule has 1 aromatic carbocycles. The summed E-state index contributed by atoms with van der Waals surface area (Å²) in [5, 5.41) is 0.828. The number of rotatable bonds is 3. The number of anilines is 2. The van der Waals surface area contributed by atoms with E-state index in [1.165, 1.54) is 0 Å². The number of hydrogen-bond acceptors (Lipinski definition) is 6. The molecule has 6 heteroatoms. The standard InChI is InChI=1S/C14H18N4O2/c15-13-12-9(8-20-10-4-6-19-7-5-10)2-1-3-11(12)17-14(16)18-13/h1-3,10H,4-8H2,(H4,15,16,17,18). The smallest absolute Gasteiger partial charge is 0.222 e. The Balaban J connectivity index is 1.83. The zero-order chi connectivity index (χ0) is 13.9. The van der Waals surface area contributed by atoms with Crippen LogP contribution < -0.4 is 11.5 Å². The number of nitrogens with two attached hydrogens (primary N) is 2. The molecule has 1 aliphatic heterocycles. The molecule has 2 heterocycles. The second-order valence-corrected chi connectivity index (χ2v) is 4.90. The largest absolute Gasteiger partial charge is 0.383 e. The average Bonchev–Trinajstić information content (AvgIpc) is 2.45. The monoisotopic (exact) mass is 274 g/mol. The van der Waals surface area contributed by atoms with Gasteiger partial charge in [-0.25, -0.2) is 4.98 Å². The van der Waals surface area contributed by atoms with Crippen molar-refractivity contribution in [2.75, 3.05) is 24.7 Å². The molecular weight excluding hydrogens is 256 g/mol. The first-order valence-electron chi connectivity index (χ1n) is 6.74. The van der Waals surface area contributed by atoms with Crippen molar-refractivity contribution in [3.63, 3.8) is 0 Å². The van der Waals surface area contributed by atoms with Crippen LogP contribution in [-0.2, 0) is 16.1 Å². The van der Waals surface area contributed by atoms with Gasteiger partial charge in [0, 0.05) is 18.6 Å². The number of fused-ring (bicyclic) bond motifs is 1. The third kappa shape index (κ3) is 2.66. The van der Waals surface area contributed by atoms with Gasteiger partial charge in [0.1, 0.15) is 5.82 Å². The predicted molar refractivity (Wildman–Crippen MR) is 77.0 cm³/mol. The summed E-state index contributed by atoms with van der Waals surface area (Å²) in [5.41, 5.74) is 13.3. The normalized spacial score (nSPS) is 16.6. The molecule has 0 unspecified atom stereocenters. The van der Waals surface area contributed by atoms with E-state index < -0.39 is 0 Å². The van der Waals surface area contributed by atoms with Gasteiger partial charge in [-0.1, -0.05) is 12.1 Å². The Morgan fingerprint density at radius 3 is 2.80 bits per heavy atom. The van der Waals surface area contributed by atoms with Crippen LogP contribution in [0.5, 0.6) is 0 Å². The lowest BCUT2D eigenvalue weighted by Gasteiger charge is -2.22. The van der Waals surface area contributed by atoms with Gasteiger partial charge in [0.15, 0.2) is 0 Å². The summed E-state index contributed by atoms with van der Waals surface area (Å²) in [6.07, 6.45) is 2.11. The average molecular weight is 274 g/mol. The minimum absolute atomic E-state index is 0.192. The van der Waals surface area contributed by atoms with E-state index in [9.17, 15) is 0 Å². The first-order valence-corrected chi connectivity index (χ1v) is 6.74. The van der Waals surface area contributed by atoms with Crippen molar-refractivity contribution in [1.29, 1.82) is 0 Å². The fourth-order valence-electron chi connectivity index (χ4n) is 2.47. The van der Waals surface area contributed by atoms with Crippen LogP contribution in [0.1, 0.15) is 18.4 Å². The van der Waals surface area contributed by atoms with Crippen molar-refractivity contribution in [3.8, 4) is 0 Å². The second kappa shape index (κ2) is 5.60. The quantitative estimate of drug-likeness (QED) is 0.880. The second-order valence-electron chi connectivity index (χ2n) is 4.90. The number of aromatic nitrogens is 2. The molecule has 0 atom stereocenters. The predicted octanol–water partition coefficient (Wildman–Crippen LogP) is 1.49. The molecule has 20 heavy (non-hydrogen) atoms. The summed E-state index contributed by atoms with van der Waals surface area (Å²) in [6, 6.07) is 5.79. The molecule has 0 aliphatic carbocycles. The van der Waals surface area contributed by atoms with Crippen LogP contribution in [0.15, 0.2) is 18.2 Å². The highest BCUT2D eigenvalue weighted by molar-refractivity contribution is 5.91. The number of nitrogen functional groups attached to an aromatic ring is 2. The molecule has 0 amide bonds. The Bertz CT molecular complexity index is 611. The van der Waals surface area contributed by atoms with E-state index in [0.29, 0.717) is 12.4 Å². The molecule has 2 aromatic rings. The molecule has 1 fully saturated rings. The highest BCUT2D eigenvalue weighted by Gasteiger charge is 2.15. The molecule has 1 aliphatic rings. The molecule has 0 spiro atoms. The Morgan fingerprint density at radius 2 is 2.00 bits per heavy atom. The maximum absolute atomic E-state index is 5.96. The Labute approximate surface area is 117 Å². The van der Waals surface area contributed by atoms with E-state index in [0.717, 1.165) is 42.5 Å². The lowest BCUT2D eigenvalue weighted by molar-refractivity contribution is -0.0387. The summed E-state index contributed by atoms with van der Waals surface area (Å²) in [7, 11) is 0. The van der Waals surface area contributed by atoms with Crippen LogP contribution in [0.25, 0.3) is 10.9 Å². The highest BCUT2D eigenvalue weighted by Crippen LogP contribution is 2.24. The Kier molecular flexibility index (Phi) is 3.66. The molecule has 6 nitrogen and oxygen atoms in total. The minimum Gasteiger partial charge on any atom is -0.383 e. The van der Waals surface area contributed by atoms with Crippen LogP contribution in [0.2, 0.25) is 0 Å². The third-order valence-electron chi connectivity index (χ3n) is 3.50. The summed E-state index contributed by atoms with van der Waals surface area (Å²) >= 11 is 0. The molecule has 1 aromatic heterocycles. The minimum atomic E-state index is 0.192. The van der Waals surface area contributed by atoms with Crippen molar-refractivity contribution < 1.29 is 9.47 Å². The van der Waals surface area contributed by atoms with Gasteiger partial charge in [-0.2, -0.15) is 4.98 Å². The molecule has 0 radical (unpaired) electrons. The van der Waals surface area contributed by atoms with Gasteiger partial charge >= 0.3 is 0 Å². The summed E-state index contributed by atoms with van der Waals surface area (Å²) in [4.78, 5) is 8.23. The van der Waals surface area contributed by atoms with Gasteiger partial charge in [0.25, 0.3) is 0 Å². The van der Waals surface area contributed by atoms with E-state index >= 15 is 0 Å². The number of benzene rings is 1. The number of nitrogens with zero attached hydrogens (tertiary/aromatic N) is 2. The molecule has 3 rings (SSSR count). The van der Waals surface area contributed by atoms with Gasteiger partial charge in [-0.3, -0.25) is 0 Å². The SMILES string of the molecule is Nc1nc(N)c2c(COC3CCOCC3)cccc2n1. The van der Waals surface area contributed by atoms with Crippen LogP contribution in [0, 0.1) is 0 Å². The third-order valence-corrected chi connectivity index (χ3v) is 3.50.